The van der Waals surface area contributed by atoms with Gasteiger partial charge in [-0.3, -0.25) is 0 Å². The first-order valence-electron chi connectivity index (χ1n) is 1.70. The van der Waals surface area contributed by atoms with Gasteiger partial charge in [-0.25, -0.2) is 4.99 Å². The fraction of sp³-hybridized carbons (Fsp3) is 0. The average molecular weight is 94.1 g/mol. The van der Waals surface area contributed by atoms with Crippen LogP contribution in [0.1, 0.15) is 0 Å². The molecular formula is C4H2N2O. The average Bonchev–Trinajstić information content (AvgIpc) is 1.90. The van der Waals surface area contributed by atoms with Crippen LogP contribution < -0.4 is 0 Å². The van der Waals surface area contributed by atoms with Gasteiger partial charge in [-0.1, -0.05) is 0 Å². The van der Waals surface area contributed by atoms with Crippen LogP contribution in [0.25, 0.3) is 0 Å². The summed E-state index contributed by atoms with van der Waals surface area (Å²) in [6.45, 7) is 0. The Morgan fingerprint density at radius 1 is 1.43 bits per heavy atom. The zero-order valence-corrected chi connectivity index (χ0v) is 3.46. The van der Waals surface area contributed by atoms with Gasteiger partial charge in [-0.15, -0.1) is 0 Å². The van der Waals surface area contributed by atoms with Gasteiger partial charge in [-0.2, -0.15) is 0 Å². The predicted molar refractivity (Wildman–Crippen MR) is 25.1 cm³/mol. The van der Waals surface area contributed by atoms with Crippen molar-refractivity contribution >= 4 is 11.7 Å². The van der Waals surface area contributed by atoms with Gasteiger partial charge in [0.2, 0.25) is 0 Å². The van der Waals surface area contributed by atoms with Crippen molar-refractivity contribution in [2.45, 2.75) is 0 Å². The molecule has 0 aromatic rings. The Bertz CT molecular complexity index is 150. The zero-order chi connectivity index (χ0) is 4.95. The highest BCUT2D eigenvalue weighted by Gasteiger charge is 1.65. The minimum absolute atomic E-state index is 1.25. The smallest absolute Gasteiger partial charge is 0.184 e. The van der Waals surface area contributed by atoms with Crippen molar-refractivity contribution in [1.82, 2.24) is 0 Å². The lowest BCUT2D eigenvalue weighted by Crippen LogP contribution is -1.59. The van der Waals surface area contributed by atoms with Crippen molar-refractivity contribution in [1.29, 1.82) is 0 Å². The molecule has 0 saturated heterocycles. The van der Waals surface area contributed by atoms with Crippen molar-refractivity contribution in [2.24, 2.45) is 10.1 Å². The van der Waals surface area contributed by atoms with E-state index in [-0.39, 0.29) is 0 Å². The molecule has 0 N–H and O–H groups in total. The molecule has 1 aliphatic heterocycles. The Balaban J connectivity index is 2.86. The Kier molecular flexibility index (Phi) is 1.10. The van der Waals surface area contributed by atoms with E-state index in [1.165, 1.54) is 12.5 Å². The summed E-state index contributed by atoms with van der Waals surface area (Å²) in [5.41, 5.74) is 0. The lowest BCUT2D eigenvalue weighted by Gasteiger charge is -1.71. The van der Waals surface area contributed by atoms with Crippen LogP contribution in [0.5, 0.6) is 0 Å². The quantitative estimate of drug-likeness (QED) is 0.425. The first-order valence-corrected chi connectivity index (χ1v) is 1.70. The summed E-state index contributed by atoms with van der Waals surface area (Å²) in [5.74, 6) is 4.78. The number of rotatable bonds is 0. The topological polar surface area (TPSA) is 34.0 Å². The Labute approximate surface area is 40.3 Å². The van der Waals surface area contributed by atoms with Gasteiger partial charge >= 0.3 is 0 Å². The molecule has 3 nitrogen and oxygen atoms in total. The van der Waals surface area contributed by atoms with Crippen LogP contribution in [-0.4, -0.2) is 11.7 Å². The summed E-state index contributed by atoms with van der Waals surface area (Å²) in [7, 11) is 0. The van der Waals surface area contributed by atoms with Crippen molar-refractivity contribution in [3.63, 3.8) is 0 Å². The minimum atomic E-state index is 1.25. The number of hydrogen-bond donors (Lipinski definition) is 0. The molecule has 0 aromatic carbocycles. The zero-order valence-electron chi connectivity index (χ0n) is 3.46. The minimum Gasteiger partial charge on any atom is -0.346 e. The maximum atomic E-state index is 4.35. The molecule has 0 spiro atoms. The van der Waals surface area contributed by atoms with Gasteiger partial charge in [0.25, 0.3) is 0 Å². The molecule has 0 aromatic heterocycles. The van der Waals surface area contributed by atoms with Gasteiger partial charge in [-0.05, 0) is 5.16 Å². The van der Waals surface area contributed by atoms with Gasteiger partial charge in [0.15, 0.2) is 6.26 Å². The monoisotopic (exact) mass is 94.0 g/mol. The van der Waals surface area contributed by atoms with Crippen molar-refractivity contribution in [2.75, 3.05) is 0 Å². The van der Waals surface area contributed by atoms with E-state index < -0.39 is 0 Å². The Morgan fingerprint density at radius 2 is 2.43 bits per heavy atom. The van der Waals surface area contributed by atoms with Crippen LogP contribution >= 0.6 is 0 Å². The molecule has 0 saturated carbocycles. The largest absolute Gasteiger partial charge is 0.346 e. The van der Waals surface area contributed by atoms with Crippen LogP contribution in [0.2, 0.25) is 0 Å². The van der Waals surface area contributed by atoms with E-state index in [1.807, 2.05) is 0 Å². The molecule has 1 heterocycles. The molecule has 0 atom stereocenters. The maximum Gasteiger partial charge on any atom is 0.184 e. The fourth-order valence-corrected chi connectivity index (χ4v) is 0.200. The molecule has 34 valence electrons. The van der Waals surface area contributed by atoms with Crippen LogP contribution in [0, 0.1) is 0 Å². The molecule has 0 bridgehead atoms. The van der Waals surface area contributed by atoms with Gasteiger partial charge in [0, 0.05) is 11.7 Å². The van der Waals surface area contributed by atoms with E-state index in [0.717, 1.165) is 0 Å². The molecule has 0 aliphatic carbocycles. The molecule has 0 radical (unpaired) electrons. The summed E-state index contributed by atoms with van der Waals surface area (Å²) in [6, 6.07) is 0. The van der Waals surface area contributed by atoms with E-state index in [1.54, 1.807) is 0 Å². The van der Waals surface area contributed by atoms with Gasteiger partial charge < -0.3 is 4.84 Å². The molecule has 1 aliphatic rings. The third kappa shape index (κ3) is 1.05. The van der Waals surface area contributed by atoms with Crippen LogP contribution in [-0.2, 0) is 4.84 Å². The van der Waals surface area contributed by atoms with Crippen LogP contribution in [0.15, 0.2) is 22.6 Å². The second kappa shape index (κ2) is 1.98. The van der Waals surface area contributed by atoms with Gasteiger partial charge in [0.1, 0.15) is 6.20 Å². The van der Waals surface area contributed by atoms with E-state index in [0.29, 0.717) is 0 Å². The maximum absolute atomic E-state index is 4.35. The SMILES string of the molecule is C1=CON=C=CN=1. The summed E-state index contributed by atoms with van der Waals surface area (Å²) < 4.78 is 0. The second-order valence-corrected chi connectivity index (χ2v) is 0.831. The summed E-state index contributed by atoms with van der Waals surface area (Å²) in [4.78, 5) is 7.86. The number of hydrogen-bond acceptors (Lipinski definition) is 3. The summed E-state index contributed by atoms with van der Waals surface area (Å²) >= 11 is 0. The van der Waals surface area contributed by atoms with E-state index >= 15 is 0 Å². The second-order valence-electron chi connectivity index (χ2n) is 0.831. The fourth-order valence-electron chi connectivity index (χ4n) is 0.200. The Hall–Kier alpha value is -1.30. The van der Waals surface area contributed by atoms with Crippen molar-refractivity contribution in [3.8, 4) is 0 Å². The number of aliphatic imine (C=N–C) groups is 1. The first kappa shape index (κ1) is 3.88. The first-order chi connectivity index (χ1) is 3.50. The third-order valence-electron chi connectivity index (χ3n) is 0.408. The standard InChI is InChI=1S/C4H2N2O/c1-2-6-7-4-3-5-1/h1,4H. The molecule has 1 rings (SSSR count). The van der Waals surface area contributed by atoms with Gasteiger partial charge in [0.05, 0.1) is 0 Å². The highest BCUT2D eigenvalue weighted by atomic mass is 16.6. The molecule has 0 amide bonds. The van der Waals surface area contributed by atoms with E-state index in [4.69, 9.17) is 0 Å². The summed E-state index contributed by atoms with van der Waals surface area (Å²) in [6.07, 6.45) is 2.61. The molecule has 7 heavy (non-hydrogen) atoms. The lowest BCUT2D eigenvalue weighted by atomic mass is 11.0. The normalized spacial score (nSPS) is 13.7. The summed E-state index contributed by atoms with van der Waals surface area (Å²) in [5, 5.41) is 3.25. The molecule has 0 unspecified atom stereocenters. The molecular weight excluding hydrogens is 92.1 g/mol. The highest BCUT2D eigenvalue weighted by molar-refractivity contribution is 5.58. The molecule has 3 heteroatoms. The van der Waals surface area contributed by atoms with E-state index in [9.17, 15) is 0 Å². The molecule has 0 fully saturated rings. The lowest BCUT2D eigenvalue weighted by molar-refractivity contribution is 0.276. The van der Waals surface area contributed by atoms with Crippen molar-refractivity contribution < 1.29 is 4.84 Å². The van der Waals surface area contributed by atoms with E-state index in [2.05, 4.69) is 26.7 Å². The van der Waals surface area contributed by atoms with Crippen LogP contribution in [0.3, 0.4) is 0 Å². The Morgan fingerprint density at radius 3 is 3.43 bits per heavy atom. The third-order valence-corrected chi connectivity index (χ3v) is 0.408. The highest BCUT2D eigenvalue weighted by Crippen LogP contribution is 1.73. The predicted octanol–water partition coefficient (Wildman–Crippen LogP) is 0.298. The van der Waals surface area contributed by atoms with Crippen LogP contribution in [0.4, 0.5) is 0 Å². The van der Waals surface area contributed by atoms with Crippen molar-refractivity contribution in [3.05, 3.63) is 12.5 Å². The number of nitrogens with zero attached hydrogens (tertiary/aromatic N) is 2.